The van der Waals surface area contributed by atoms with Crippen LogP contribution in [0.25, 0.3) is 5.69 Å². The Morgan fingerprint density at radius 2 is 2.17 bits per heavy atom. The van der Waals surface area contributed by atoms with Crippen molar-refractivity contribution in [1.82, 2.24) is 25.1 Å². The number of benzene rings is 1. The van der Waals surface area contributed by atoms with Gasteiger partial charge in [-0.15, -0.1) is 5.10 Å². The number of rotatable bonds is 4. The number of aliphatic hydroxyl groups is 1. The van der Waals surface area contributed by atoms with Crippen molar-refractivity contribution in [2.45, 2.75) is 32.3 Å². The van der Waals surface area contributed by atoms with Crippen molar-refractivity contribution in [1.29, 1.82) is 0 Å². The van der Waals surface area contributed by atoms with E-state index in [9.17, 15) is 9.90 Å². The lowest BCUT2D eigenvalue weighted by Crippen LogP contribution is -2.43. The Hall–Kier alpha value is -2.28. The van der Waals surface area contributed by atoms with Gasteiger partial charge >= 0.3 is 0 Å². The smallest absolute Gasteiger partial charge is 0.227 e. The van der Waals surface area contributed by atoms with Gasteiger partial charge in [-0.3, -0.25) is 4.79 Å². The Labute approximate surface area is 134 Å². The average Bonchev–Trinajstić information content (AvgIpc) is 3.10. The van der Waals surface area contributed by atoms with Crippen molar-refractivity contribution < 1.29 is 9.90 Å². The molecule has 7 nitrogen and oxygen atoms in total. The molecule has 7 heteroatoms. The lowest BCUT2D eigenvalue weighted by Gasteiger charge is -2.34. The van der Waals surface area contributed by atoms with Gasteiger partial charge in [-0.25, -0.2) is 4.68 Å². The van der Waals surface area contributed by atoms with Gasteiger partial charge in [0.05, 0.1) is 18.2 Å². The minimum atomic E-state index is -0.360. The second kappa shape index (κ2) is 6.87. The number of hydrogen-bond donors (Lipinski definition) is 1. The molecule has 1 aromatic carbocycles. The highest BCUT2D eigenvalue weighted by atomic mass is 16.3. The van der Waals surface area contributed by atoms with Crippen LogP contribution in [0.1, 0.15) is 25.3 Å². The monoisotopic (exact) mass is 315 g/mol. The third-order valence-corrected chi connectivity index (χ3v) is 4.40. The predicted molar refractivity (Wildman–Crippen MR) is 83.8 cm³/mol. The summed E-state index contributed by atoms with van der Waals surface area (Å²) in [6.45, 7) is 3.24. The van der Waals surface area contributed by atoms with Gasteiger partial charge in [0.1, 0.15) is 6.33 Å². The normalized spacial score (nSPS) is 19.6. The molecular formula is C16H21N5O2. The number of hydrogen-bond acceptors (Lipinski definition) is 5. The van der Waals surface area contributed by atoms with Crippen molar-refractivity contribution >= 4 is 5.91 Å². The van der Waals surface area contributed by atoms with Crippen LogP contribution in [0, 0.1) is 5.92 Å². The molecule has 2 atom stereocenters. The van der Waals surface area contributed by atoms with E-state index in [-0.39, 0.29) is 17.9 Å². The molecule has 0 spiro atoms. The number of amides is 1. The summed E-state index contributed by atoms with van der Waals surface area (Å²) in [6, 6.07) is 7.64. The van der Waals surface area contributed by atoms with E-state index in [0.717, 1.165) is 30.6 Å². The molecular weight excluding hydrogens is 294 g/mol. The van der Waals surface area contributed by atoms with Gasteiger partial charge in [0.2, 0.25) is 5.91 Å². The molecule has 1 amide bonds. The van der Waals surface area contributed by atoms with Gasteiger partial charge in [0.25, 0.3) is 0 Å². The van der Waals surface area contributed by atoms with Gasteiger partial charge in [-0.2, -0.15) is 0 Å². The number of aromatic nitrogens is 4. The molecule has 1 N–H and O–H groups in total. The first-order chi connectivity index (χ1) is 11.1. The zero-order chi connectivity index (χ0) is 16.2. The first-order valence-electron chi connectivity index (χ1n) is 7.91. The summed E-state index contributed by atoms with van der Waals surface area (Å²) in [6.07, 6.45) is 3.50. The Morgan fingerprint density at radius 1 is 1.39 bits per heavy atom. The van der Waals surface area contributed by atoms with Gasteiger partial charge in [0.15, 0.2) is 0 Å². The van der Waals surface area contributed by atoms with E-state index < -0.39 is 0 Å². The standard InChI is InChI=1S/C16H21N5O2/c1-12(22)14-3-2-8-20(10-14)16(23)9-13-4-6-15(7-5-13)21-11-17-18-19-21/h4-7,11-12,14,22H,2-3,8-10H2,1H3. The first-order valence-corrected chi connectivity index (χ1v) is 7.91. The zero-order valence-corrected chi connectivity index (χ0v) is 13.2. The van der Waals surface area contributed by atoms with E-state index in [2.05, 4.69) is 15.5 Å². The molecule has 2 aromatic rings. The van der Waals surface area contributed by atoms with Gasteiger partial charge in [0, 0.05) is 19.0 Å². The van der Waals surface area contributed by atoms with E-state index in [0.29, 0.717) is 13.0 Å². The molecule has 23 heavy (non-hydrogen) atoms. The number of nitrogens with zero attached hydrogens (tertiary/aromatic N) is 5. The highest BCUT2D eigenvalue weighted by Crippen LogP contribution is 2.20. The molecule has 0 saturated carbocycles. The molecule has 1 aliphatic rings. The van der Waals surface area contributed by atoms with Crippen molar-refractivity contribution in [3.63, 3.8) is 0 Å². The van der Waals surface area contributed by atoms with Crippen LogP contribution in [0.3, 0.4) is 0 Å². The molecule has 1 aliphatic heterocycles. The molecule has 2 unspecified atom stereocenters. The fourth-order valence-corrected chi connectivity index (χ4v) is 2.96. The van der Waals surface area contributed by atoms with Gasteiger partial charge in [-0.05, 0) is 47.9 Å². The summed E-state index contributed by atoms with van der Waals surface area (Å²) in [5.41, 5.74) is 1.82. The molecule has 3 rings (SSSR count). The number of carbonyl (C=O) groups is 1. The zero-order valence-electron chi connectivity index (χ0n) is 13.2. The van der Waals surface area contributed by atoms with Crippen molar-refractivity contribution in [3.05, 3.63) is 36.2 Å². The minimum Gasteiger partial charge on any atom is -0.393 e. The lowest BCUT2D eigenvalue weighted by atomic mass is 9.93. The number of piperidine rings is 1. The SMILES string of the molecule is CC(O)C1CCCN(C(=O)Cc2ccc(-n3cnnn3)cc2)C1. The number of carbonyl (C=O) groups excluding carboxylic acids is 1. The molecule has 1 saturated heterocycles. The highest BCUT2D eigenvalue weighted by Gasteiger charge is 2.26. The molecule has 2 heterocycles. The molecule has 0 bridgehead atoms. The fraction of sp³-hybridized carbons (Fsp3) is 0.500. The molecule has 0 aliphatic carbocycles. The van der Waals surface area contributed by atoms with Crippen LogP contribution in [0.5, 0.6) is 0 Å². The van der Waals surface area contributed by atoms with Crippen LogP contribution in [-0.4, -0.2) is 55.3 Å². The third-order valence-electron chi connectivity index (χ3n) is 4.40. The Kier molecular flexibility index (Phi) is 4.66. The van der Waals surface area contributed by atoms with Gasteiger partial charge in [-0.1, -0.05) is 12.1 Å². The second-order valence-electron chi connectivity index (χ2n) is 6.08. The summed E-state index contributed by atoms with van der Waals surface area (Å²) in [7, 11) is 0. The maximum Gasteiger partial charge on any atom is 0.227 e. The maximum absolute atomic E-state index is 12.5. The summed E-state index contributed by atoms with van der Waals surface area (Å²) < 4.78 is 1.57. The molecule has 122 valence electrons. The summed E-state index contributed by atoms with van der Waals surface area (Å²) in [5, 5.41) is 20.8. The van der Waals surface area contributed by atoms with Gasteiger partial charge < -0.3 is 10.0 Å². The Balaban J connectivity index is 1.61. The van der Waals surface area contributed by atoms with E-state index in [1.165, 1.54) is 6.33 Å². The van der Waals surface area contributed by atoms with Crippen LogP contribution < -0.4 is 0 Å². The van der Waals surface area contributed by atoms with Crippen molar-refractivity contribution in [2.75, 3.05) is 13.1 Å². The van der Waals surface area contributed by atoms with Crippen molar-refractivity contribution in [3.8, 4) is 5.69 Å². The largest absolute Gasteiger partial charge is 0.393 e. The van der Waals surface area contributed by atoms with Crippen molar-refractivity contribution in [2.24, 2.45) is 5.92 Å². The summed E-state index contributed by atoms with van der Waals surface area (Å²) in [5.74, 6) is 0.306. The topological polar surface area (TPSA) is 84.1 Å². The van der Waals surface area contributed by atoms with Crippen LogP contribution in [-0.2, 0) is 11.2 Å². The predicted octanol–water partition coefficient (Wildman–Crippen LogP) is 0.824. The third kappa shape index (κ3) is 3.73. The van der Waals surface area contributed by atoms with E-state index in [1.807, 2.05) is 29.2 Å². The van der Waals surface area contributed by atoms with Crippen LogP contribution in [0.2, 0.25) is 0 Å². The van der Waals surface area contributed by atoms with Crippen LogP contribution in [0.4, 0.5) is 0 Å². The highest BCUT2D eigenvalue weighted by molar-refractivity contribution is 5.79. The molecule has 0 radical (unpaired) electrons. The second-order valence-corrected chi connectivity index (χ2v) is 6.08. The van der Waals surface area contributed by atoms with Crippen LogP contribution in [0.15, 0.2) is 30.6 Å². The average molecular weight is 315 g/mol. The first kappa shape index (κ1) is 15.6. The number of tetrazole rings is 1. The Bertz CT molecular complexity index is 639. The number of likely N-dealkylation sites (tertiary alicyclic amines) is 1. The Morgan fingerprint density at radius 3 is 2.83 bits per heavy atom. The maximum atomic E-state index is 12.5. The molecule has 1 aromatic heterocycles. The number of aliphatic hydroxyl groups excluding tert-OH is 1. The van der Waals surface area contributed by atoms with E-state index in [1.54, 1.807) is 11.6 Å². The minimum absolute atomic E-state index is 0.116. The van der Waals surface area contributed by atoms with E-state index >= 15 is 0 Å². The quantitative estimate of drug-likeness (QED) is 0.903. The summed E-state index contributed by atoms with van der Waals surface area (Å²) in [4.78, 5) is 14.3. The van der Waals surface area contributed by atoms with Crippen LogP contribution >= 0.6 is 0 Å². The fourth-order valence-electron chi connectivity index (χ4n) is 2.96. The lowest BCUT2D eigenvalue weighted by molar-refractivity contribution is -0.133. The van der Waals surface area contributed by atoms with E-state index in [4.69, 9.17) is 0 Å². The summed E-state index contributed by atoms with van der Waals surface area (Å²) >= 11 is 0. The molecule has 1 fully saturated rings.